The highest BCUT2D eigenvalue weighted by molar-refractivity contribution is 5.99. The number of benzene rings is 1. The average Bonchev–Trinajstić information content (AvgIpc) is 2.83. The molecule has 1 amide bonds. The van der Waals surface area contributed by atoms with Gasteiger partial charge in [-0.2, -0.15) is 0 Å². The van der Waals surface area contributed by atoms with Crippen molar-refractivity contribution >= 4 is 11.6 Å². The summed E-state index contributed by atoms with van der Waals surface area (Å²) in [6.45, 7) is 0.710. The standard InChI is InChI=1S/C19H24N2O5/c1-25-17-8-15(16(21(23)24)9-18(17)26-2)19(22)20-10-13-4-11-3-12(5-13)7-14(20)6-11/h8-9,11-14H,3-7,10H2,1-2H3/t11-,12+,13?,14?. The van der Waals surface area contributed by atoms with Crippen molar-refractivity contribution in [2.75, 3.05) is 20.8 Å². The van der Waals surface area contributed by atoms with Crippen molar-refractivity contribution in [3.63, 3.8) is 0 Å². The quantitative estimate of drug-likeness (QED) is 0.608. The molecule has 2 saturated carbocycles. The molecule has 5 rings (SSSR count). The Labute approximate surface area is 152 Å². The molecule has 7 nitrogen and oxygen atoms in total. The van der Waals surface area contributed by atoms with Gasteiger partial charge in [0.15, 0.2) is 11.5 Å². The topological polar surface area (TPSA) is 81.9 Å². The fourth-order valence-corrected chi connectivity index (χ4v) is 5.38. The molecule has 4 aliphatic rings. The lowest BCUT2D eigenvalue weighted by Crippen LogP contribution is -2.42. The number of carbonyl (C=O) groups is 1. The van der Waals surface area contributed by atoms with Crippen molar-refractivity contribution in [2.45, 2.75) is 38.1 Å². The van der Waals surface area contributed by atoms with E-state index in [9.17, 15) is 14.9 Å². The highest BCUT2D eigenvalue weighted by atomic mass is 16.6. The molecule has 4 atom stereocenters. The number of nitro groups is 1. The predicted molar refractivity (Wildman–Crippen MR) is 94.6 cm³/mol. The lowest BCUT2D eigenvalue weighted by atomic mass is 9.68. The zero-order chi connectivity index (χ0) is 18.4. The second kappa shape index (κ2) is 6.45. The van der Waals surface area contributed by atoms with Gasteiger partial charge in [0.2, 0.25) is 0 Å². The average molecular weight is 360 g/mol. The van der Waals surface area contributed by atoms with Gasteiger partial charge in [-0.25, -0.2) is 0 Å². The zero-order valence-electron chi connectivity index (χ0n) is 15.1. The Morgan fingerprint density at radius 2 is 1.62 bits per heavy atom. The Balaban J connectivity index is 1.72. The number of carbonyl (C=O) groups excluding carboxylic acids is 1. The van der Waals surface area contributed by atoms with Crippen LogP contribution in [0.5, 0.6) is 11.5 Å². The van der Waals surface area contributed by atoms with Crippen molar-refractivity contribution < 1.29 is 19.2 Å². The molecule has 4 fully saturated rings. The van der Waals surface area contributed by atoms with Gasteiger partial charge in [0.25, 0.3) is 11.6 Å². The maximum Gasteiger partial charge on any atom is 0.286 e. The van der Waals surface area contributed by atoms with Crippen LogP contribution in [0.3, 0.4) is 0 Å². The van der Waals surface area contributed by atoms with Crippen LogP contribution in [-0.2, 0) is 0 Å². The van der Waals surface area contributed by atoms with Crippen molar-refractivity contribution in [1.29, 1.82) is 0 Å². The van der Waals surface area contributed by atoms with Gasteiger partial charge in [0.1, 0.15) is 5.56 Å². The molecule has 2 heterocycles. The number of nitrogens with zero attached hydrogens (tertiary/aromatic N) is 2. The van der Waals surface area contributed by atoms with Gasteiger partial charge < -0.3 is 14.4 Å². The number of hydrogen-bond acceptors (Lipinski definition) is 5. The first kappa shape index (κ1) is 17.1. The summed E-state index contributed by atoms with van der Waals surface area (Å²) >= 11 is 0. The largest absolute Gasteiger partial charge is 0.493 e. The smallest absolute Gasteiger partial charge is 0.286 e. The van der Waals surface area contributed by atoms with Crippen LogP contribution in [0.1, 0.15) is 42.5 Å². The second-order valence-corrected chi connectivity index (χ2v) is 7.87. The van der Waals surface area contributed by atoms with Gasteiger partial charge in [-0.3, -0.25) is 14.9 Å². The van der Waals surface area contributed by atoms with E-state index in [4.69, 9.17) is 9.47 Å². The van der Waals surface area contributed by atoms with Crippen LogP contribution in [0.25, 0.3) is 0 Å². The summed E-state index contributed by atoms with van der Waals surface area (Å²) in [7, 11) is 2.89. The first-order chi connectivity index (χ1) is 12.5. The minimum Gasteiger partial charge on any atom is -0.493 e. The molecule has 26 heavy (non-hydrogen) atoms. The van der Waals surface area contributed by atoms with Gasteiger partial charge >= 0.3 is 0 Å². The second-order valence-electron chi connectivity index (χ2n) is 7.87. The molecule has 140 valence electrons. The third-order valence-corrected chi connectivity index (χ3v) is 6.30. The third-order valence-electron chi connectivity index (χ3n) is 6.30. The lowest BCUT2D eigenvalue weighted by Gasteiger charge is -2.39. The van der Waals surface area contributed by atoms with Gasteiger partial charge in [0, 0.05) is 18.7 Å². The molecule has 4 bridgehead atoms. The van der Waals surface area contributed by atoms with E-state index in [0.29, 0.717) is 30.0 Å². The SMILES string of the molecule is COc1cc(C(=O)N2CC3C[C@@H]4CC2C[C@H](C3)C4)c([N+](=O)[O-])cc1OC. The summed E-state index contributed by atoms with van der Waals surface area (Å²) in [5.41, 5.74) is -0.134. The molecule has 2 aliphatic heterocycles. The molecular formula is C19H24N2O5. The highest BCUT2D eigenvalue weighted by Gasteiger charge is 2.45. The number of nitro benzene ring substituents is 1. The number of amides is 1. The summed E-state index contributed by atoms with van der Waals surface area (Å²) in [6, 6.07) is 2.94. The van der Waals surface area contributed by atoms with E-state index in [0.717, 1.165) is 12.8 Å². The Morgan fingerprint density at radius 1 is 1.04 bits per heavy atom. The summed E-state index contributed by atoms with van der Waals surface area (Å²) in [5, 5.41) is 11.6. The maximum absolute atomic E-state index is 13.3. The summed E-state index contributed by atoms with van der Waals surface area (Å²) in [4.78, 5) is 26.3. The molecule has 1 aromatic carbocycles. The molecule has 7 heteroatoms. The van der Waals surface area contributed by atoms with E-state index < -0.39 is 4.92 Å². The fraction of sp³-hybridized carbons (Fsp3) is 0.632. The van der Waals surface area contributed by atoms with E-state index >= 15 is 0 Å². The third kappa shape index (κ3) is 2.79. The van der Waals surface area contributed by atoms with Crippen LogP contribution in [0.4, 0.5) is 5.69 Å². The minimum absolute atomic E-state index is 0.0915. The van der Waals surface area contributed by atoms with Gasteiger partial charge in [-0.05, 0) is 49.9 Å². The van der Waals surface area contributed by atoms with Crippen molar-refractivity contribution in [3.8, 4) is 11.5 Å². The first-order valence-electron chi connectivity index (χ1n) is 9.21. The number of fused-ring (bicyclic) bond motifs is 1. The van der Waals surface area contributed by atoms with E-state index in [2.05, 4.69) is 0 Å². The molecule has 0 radical (unpaired) electrons. The van der Waals surface area contributed by atoms with E-state index in [-0.39, 0.29) is 28.9 Å². The summed E-state index contributed by atoms with van der Waals surface area (Å²) in [5.74, 6) is 2.27. The number of ether oxygens (including phenoxy) is 2. The van der Waals surface area contributed by atoms with Crippen LogP contribution in [-0.4, -0.2) is 42.5 Å². The number of hydrogen-bond donors (Lipinski definition) is 0. The minimum atomic E-state index is -0.517. The van der Waals surface area contributed by atoms with Crippen LogP contribution < -0.4 is 9.47 Å². The fourth-order valence-electron chi connectivity index (χ4n) is 5.38. The van der Waals surface area contributed by atoms with Crippen LogP contribution in [0.2, 0.25) is 0 Å². The predicted octanol–water partition coefficient (Wildman–Crippen LogP) is 3.26. The molecule has 2 saturated heterocycles. The molecule has 2 unspecified atom stereocenters. The highest BCUT2D eigenvalue weighted by Crippen LogP contribution is 2.48. The normalized spacial score (nSPS) is 29.4. The van der Waals surface area contributed by atoms with Crippen molar-refractivity contribution in [2.24, 2.45) is 17.8 Å². The van der Waals surface area contributed by atoms with E-state index in [1.165, 1.54) is 45.6 Å². The molecule has 1 aromatic rings. The molecular weight excluding hydrogens is 336 g/mol. The number of rotatable bonds is 4. The van der Waals surface area contributed by atoms with Gasteiger partial charge in [-0.1, -0.05) is 0 Å². The molecule has 0 aromatic heterocycles. The van der Waals surface area contributed by atoms with E-state index in [1.54, 1.807) is 0 Å². The zero-order valence-corrected chi connectivity index (χ0v) is 15.1. The van der Waals surface area contributed by atoms with Crippen LogP contribution >= 0.6 is 0 Å². The van der Waals surface area contributed by atoms with Gasteiger partial charge in [0.05, 0.1) is 25.2 Å². The Hall–Kier alpha value is -2.31. The Kier molecular flexibility index (Phi) is 4.25. The number of methoxy groups -OCH3 is 2. The molecule has 0 spiro atoms. The lowest BCUT2D eigenvalue weighted by molar-refractivity contribution is -0.385. The van der Waals surface area contributed by atoms with Gasteiger partial charge in [-0.15, -0.1) is 0 Å². The molecule has 0 N–H and O–H groups in total. The van der Waals surface area contributed by atoms with Crippen molar-refractivity contribution in [3.05, 3.63) is 27.8 Å². The van der Waals surface area contributed by atoms with E-state index in [1.807, 2.05) is 4.90 Å². The summed E-state index contributed by atoms with van der Waals surface area (Å²) in [6.07, 6.45) is 5.71. The Morgan fingerprint density at radius 3 is 2.19 bits per heavy atom. The summed E-state index contributed by atoms with van der Waals surface area (Å²) < 4.78 is 10.4. The van der Waals surface area contributed by atoms with Crippen LogP contribution in [0, 0.1) is 27.9 Å². The Bertz CT molecular complexity index is 736. The first-order valence-corrected chi connectivity index (χ1v) is 9.21. The van der Waals surface area contributed by atoms with Crippen molar-refractivity contribution in [1.82, 2.24) is 4.90 Å². The molecule has 2 aliphatic carbocycles. The monoisotopic (exact) mass is 360 g/mol. The van der Waals surface area contributed by atoms with Crippen LogP contribution in [0.15, 0.2) is 12.1 Å². The maximum atomic E-state index is 13.3.